The Morgan fingerprint density at radius 3 is 2.10 bits per heavy atom. The van der Waals surface area contributed by atoms with Crippen LogP contribution in [0.1, 0.15) is 43.7 Å². The van der Waals surface area contributed by atoms with Gasteiger partial charge in [0.25, 0.3) is 0 Å². The van der Waals surface area contributed by atoms with Gasteiger partial charge in [-0.3, -0.25) is 13.9 Å². The van der Waals surface area contributed by atoms with Gasteiger partial charge in [0.15, 0.2) is 0 Å². The molecular weight excluding hydrogens is 529 g/mol. The summed E-state index contributed by atoms with van der Waals surface area (Å²) in [6.07, 6.45) is 3.48. The molecule has 0 radical (unpaired) electrons. The van der Waals surface area contributed by atoms with E-state index in [4.69, 9.17) is 0 Å². The zero-order valence-electron chi connectivity index (χ0n) is 23.1. The highest BCUT2D eigenvalue weighted by molar-refractivity contribution is 7.92. The predicted molar refractivity (Wildman–Crippen MR) is 157 cm³/mol. The van der Waals surface area contributed by atoms with Gasteiger partial charge in [-0.25, -0.2) is 12.8 Å². The number of halogens is 1. The molecular formula is C31H38FN3O4S. The third kappa shape index (κ3) is 9.48. The molecule has 0 aliphatic carbocycles. The molecule has 0 aromatic heterocycles. The van der Waals surface area contributed by atoms with Gasteiger partial charge < -0.3 is 10.2 Å². The minimum absolute atomic E-state index is 0.0353. The fourth-order valence-electron chi connectivity index (χ4n) is 4.44. The normalized spacial score (nSPS) is 12.0. The highest BCUT2D eigenvalue weighted by Gasteiger charge is 2.30. The highest BCUT2D eigenvalue weighted by atomic mass is 32.2. The first-order valence-corrected chi connectivity index (χ1v) is 15.4. The molecule has 1 unspecified atom stereocenters. The van der Waals surface area contributed by atoms with Crippen molar-refractivity contribution < 1.29 is 22.4 Å². The largest absolute Gasteiger partial charge is 0.354 e. The second-order valence-corrected chi connectivity index (χ2v) is 11.7. The summed E-state index contributed by atoms with van der Waals surface area (Å²) in [5, 5.41) is 2.97. The quantitative estimate of drug-likeness (QED) is 0.264. The molecule has 9 heteroatoms. The standard InChI is InChI=1S/C31H38FN3O4S/c1-3-4-21-33-31(37)29(23-25-12-7-5-8-13-25)34(24-26-17-19-27(32)20-18-26)30(36)16-11-22-35(40(2,38)39)28-14-9-6-10-15-28/h5-10,12-15,17-20,29H,3-4,11,16,21-24H2,1-2H3,(H,33,37). The zero-order valence-corrected chi connectivity index (χ0v) is 23.9. The molecule has 3 rings (SSSR count). The number of sulfonamides is 1. The summed E-state index contributed by atoms with van der Waals surface area (Å²) in [5.41, 5.74) is 2.12. The predicted octanol–water partition coefficient (Wildman–Crippen LogP) is 4.93. The van der Waals surface area contributed by atoms with E-state index in [9.17, 15) is 22.4 Å². The van der Waals surface area contributed by atoms with Crippen LogP contribution in [0.4, 0.5) is 10.1 Å². The molecule has 214 valence electrons. The number of amides is 2. The van der Waals surface area contributed by atoms with Gasteiger partial charge in [0.05, 0.1) is 11.9 Å². The Morgan fingerprint density at radius 1 is 0.875 bits per heavy atom. The summed E-state index contributed by atoms with van der Waals surface area (Å²) in [6, 6.07) is 23.3. The van der Waals surface area contributed by atoms with Crippen molar-refractivity contribution in [2.75, 3.05) is 23.7 Å². The third-order valence-corrected chi connectivity index (χ3v) is 7.76. The lowest BCUT2D eigenvalue weighted by Gasteiger charge is -2.32. The highest BCUT2D eigenvalue weighted by Crippen LogP contribution is 2.20. The Bertz CT molecular complexity index is 1320. The molecule has 7 nitrogen and oxygen atoms in total. The Morgan fingerprint density at radius 2 is 1.50 bits per heavy atom. The number of carbonyl (C=O) groups excluding carboxylic acids is 2. The average Bonchev–Trinajstić information content (AvgIpc) is 2.94. The summed E-state index contributed by atoms with van der Waals surface area (Å²) in [4.78, 5) is 28.7. The number of anilines is 1. The molecule has 2 amide bonds. The second kappa shape index (κ2) is 15.2. The van der Waals surface area contributed by atoms with E-state index in [1.54, 1.807) is 42.5 Å². The monoisotopic (exact) mass is 567 g/mol. The molecule has 0 fully saturated rings. The van der Waals surface area contributed by atoms with Crippen LogP contribution in [0.15, 0.2) is 84.9 Å². The lowest BCUT2D eigenvalue weighted by Crippen LogP contribution is -2.50. The second-order valence-electron chi connectivity index (χ2n) is 9.77. The van der Waals surface area contributed by atoms with E-state index in [0.717, 1.165) is 24.7 Å². The number of carbonyl (C=O) groups is 2. The third-order valence-electron chi connectivity index (χ3n) is 6.56. The van der Waals surface area contributed by atoms with Crippen LogP contribution >= 0.6 is 0 Å². The van der Waals surface area contributed by atoms with Gasteiger partial charge in [-0.1, -0.05) is 74.0 Å². The zero-order chi connectivity index (χ0) is 29.0. The molecule has 0 heterocycles. The minimum atomic E-state index is -3.56. The van der Waals surface area contributed by atoms with Gasteiger partial charge >= 0.3 is 0 Å². The molecule has 0 aliphatic heterocycles. The Hall–Kier alpha value is -3.72. The maximum Gasteiger partial charge on any atom is 0.243 e. The van der Waals surface area contributed by atoms with Crippen molar-refractivity contribution in [3.05, 3.63) is 102 Å². The molecule has 1 atom stereocenters. The van der Waals surface area contributed by atoms with Crippen LogP contribution < -0.4 is 9.62 Å². The van der Waals surface area contributed by atoms with Crippen LogP contribution in [-0.4, -0.2) is 50.5 Å². The smallest absolute Gasteiger partial charge is 0.243 e. The number of rotatable bonds is 15. The summed E-state index contributed by atoms with van der Waals surface area (Å²) < 4.78 is 39.9. The van der Waals surface area contributed by atoms with Crippen molar-refractivity contribution in [2.24, 2.45) is 0 Å². The number of para-hydroxylation sites is 1. The number of unbranched alkanes of at least 4 members (excludes halogenated alkanes) is 1. The number of nitrogens with zero attached hydrogens (tertiary/aromatic N) is 2. The minimum Gasteiger partial charge on any atom is -0.354 e. The maximum absolute atomic E-state index is 13.8. The number of hydrogen-bond acceptors (Lipinski definition) is 4. The van der Waals surface area contributed by atoms with Crippen molar-refractivity contribution in [1.29, 1.82) is 0 Å². The van der Waals surface area contributed by atoms with Crippen molar-refractivity contribution >= 4 is 27.5 Å². The van der Waals surface area contributed by atoms with Crippen molar-refractivity contribution in [2.45, 2.75) is 51.6 Å². The fraction of sp³-hybridized carbons (Fsp3) is 0.355. The number of hydrogen-bond donors (Lipinski definition) is 1. The van der Waals surface area contributed by atoms with Crippen LogP contribution in [0.2, 0.25) is 0 Å². The summed E-state index contributed by atoms with van der Waals surface area (Å²) in [5.74, 6) is -0.922. The van der Waals surface area contributed by atoms with Crippen LogP contribution in [-0.2, 0) is 32.6 Å². The number of benzene rings is 3. The first-order valence-electron chi connectivity index (χ1n) is 13.6. The molecule has 1 N–H and O–H groups in total. The molecule has 40 heavy (non-hydrogen) atoms. The van der Waals surface area contributed by atoms with Gasteiger partial charge in [-0.2, -0.15) is 0 Å². The van der Waals surface area contributed by atoms with Gasteiger partial charge in [0.1, 0.15) is 11.9 Å². The van der Waals surface area contributed by atoms with Gasteiger partial charge in [-0.05, 0) is 48.2 Å². The molecule has 3 aromatic carbocycles. The number of nitrogens with one attached hydrogen (secondary N) is 1. The SMILES string of the molecule is CCCCNC(=O)C(Cc1ccccc1)N(Cc1ccc(F)cc1)C(=O)CCCN(c1ccccc1)S(C)(=O)=O. The summed E-state index contributed by atoms with van der Waals surface area (Å²) >= 11 is 0. The van der Waals surface area contributed by atoms with Crippen LogP contribution in [0.3, 0.4) is 0 Å². The topological polar surface area (TPSA) is 86.8 Å². The Labute approximate surface area is 237 Å². The summed E-state index contributed by atoms with van der Waals surface area (Å²) in [6.45, 7) is 2.77. The maximum atomic E-state index is 13.8. The van der Waals surface area contributed by atoms with Crippen molar-refractivity contribution in [3.8, 4) is 0 Å². The lowest BCUT2D eigenvalue weighted by molar-refractivity contribution is -0.141. The van der Waals surface area contributed by atoms with E-state index in [0.29, 0.717) is 24.2 Å². The van der Waals surface area contributed by atoms with E-state index in [1.807, 2.05) is 37.3 Å². The molecule has 0 saturated heterocycles. The molecule has 0 spiro atoms. The van der Waals surface area contributed by atoms with E-state index >= 15 is 0 Å². The molecule has 0 aliphatic rings. The molecule has 0 saturated carbocycles. The van der Waals surface area contributed by atoms with E-state index in [1.165, 1.54) is 21.3 Å². The van der Waals surface area contributed by atoms with Crippen LogP contribution in [0, 0.1) is 5.82 Å². The molecule has 3 aromatic rings. The van der Waals surface area contributed by atoms with E-state index < -0.39 is 16.1 Å². The first kappa shape index (κ1) is 30.8. The fourth-order valence-corrected chi connectivity index (χ4v) is 5.41. The Balaban J connectivity index is 1.85. The average molecular weight is 568 g/mol. The van der Waals surface area contributed by atoms with Gasteiger partial charge in [0.2, 0.25) is 21.8 Å². The van der Waals surface area contributed by atoms with E-state index in [-0.39, 0.29) is 43.6 Å². The molecule has 0 bridgehead atoms. The lowest BCUT2D eigenvalue weighted by atomic mass is 10.0. The first-order chi connectivity index (χ1) is 19.2. The van der Waals surface area contributed by atoms with Crippen LogP contribution in [0.25, 0.3) is 0 Å². The van der Waals surface area contributed by atoms with Crippen molar-refractivity contribution in [3.63, 3.8) is 0 Å². The summed E-state index contributed by atoms with van der Waals surface area (Å²) in [7, 11) is -3.56. The van der Waals surface area contributed by atoms with E-state index in [2.05, 4.69) is 5.32 Å². The van der Waals surface area contributed by atoms with Gasteiger partial charge in [0, 0.05) is 32.5 Å². The van der Waals surface area contributed by atoms with Crippen molar-refractivity contribution in [1.82, 2.24) is 10.2 Å². The van der Waals surface area contributed by atoms with Gasteiger partial charge in [-0.15, -0.1) is 0 Å². The van der Waals surface area contributed by atoms with Crippen LogP contribution in [0.5, 0.6) is 0 Å². The Kier molecular flexibility index (Phi) is 11.7.